The molecule has 0 unspecified atom stereocenters. The van der Waals surface area contributed by atoms with Gasteiger partial charge in [-0.15, -0.1) is 10.2 Å². The quantitative estimate of drug-likeness (QED) is 0.646. The Balaban J connectivity index is 1.77. The van der Waals surface area contributed by atoms with Crippen molar-refractivity contribution in [2.45, 2.75) is 20.8 Å². The second-order valence-electron chi connectivity index (χ2n) is 6.89. The van der Waals surface area contributed by atoms with E-state index in [1.165, 1.54) is 11.3 Å². The van der Waals surface area contributed by atoms with Crippen LogP contribution in [-0.2, 0) is 14.8 Å². The van der Waals surface area contributed by atoms with Crippen LogP contribution in [0.25, 0.3) is 10.6 Å². The number of hydrogen-bond donors (Lipinski definition) is 1. The molecular formula is C20H22N4O3S2. The molecule has 0 fully saturated rings. The van der Waals surface area contributed by atoms with E-state index in [-0.39, 0.29) is 6.54 Å². The van der Waals surface area contributed by atoms with Crippen LogP contribution in [0.2, 0.25) is 0 Å². The first kappa shape index (κ1) is 20.9. The molecular weight excluding hydrogens is 408 g/mol. The Hall–Kier alpha value is -2.78. The summed E-state index contributed by atoms with van der Waals surface area (Å²) in [4.78, 5) is 12.5. The number of aryl methyl sites for hydroxylation is 3. The van der Waals surface area contributed by atoms with Gasteiger partial charge in [-0.05, 0) is 32.4 Å². The number of benzene rings is 2. The number of carbonyl (C=O) groups is 1. The van der Waals surface area contributed by atoms with E-state index in [9.17, 15) is 13.2 Å². The molecule has 7 nitrogen and oxygen atoms in total. The molecule has 152 valence electrons. The molecule has 29 heavy (non-hydrogen) atoms. The SMILES string of the molecule is Cc1ccc(-c2nnc(NC(=O)CN(c3ccc(C)cc3C)S(C)(=O)=O)s2)cc1. The zero-order valence-corrected chi connectivity index (χ0v) is 18.3. The number of aromatic nitrogens is 2. The van der Waals surface area contributed by atoms with Crippen LogP contribution in [0.5, 0.6) is 0 Å². The van der Waals surface area contributed by atoms with Crippen molar-refractivity contribution in [2.75, 3.05) is 22.4 Å². The standard InChI is InChI=1S/C20H22N4O3S2/c1-13-5-8-16(9-6-13)19-22-23-20(28-19)21-18(25)12-24(29(4,26)27)17-10-7-14(2)11-15(17)3/h5-11H,12H2,1-4H3,(H,21,23,25). The summed E-state index contributed by atoms with van der Waals surface area (Å²) in [7, 11) is -3.64. The van der Waals surface area contributed by atoms with Crippen molar-refractivity contribution in [2.24, 2.45) is 0 Å². The molecule has 0 saturated heterocycles. The molecule has 0 aliphatic heterocycles. The molecule has 0 saturated carbocycles. The van der Waals surface area contributed by atoms with Crippen molar-refractivity contribution in [1.29, 1.82) is 0 Å². The predicted octanol–water partition coefficient (Wildman–Crippen LogP) is 3.54. The van der Waals surface area contributed by atoms with E-state index in [2.05, 4.69) is 15.5 Å². The summed E-state index contributed by atoms with van der Waals surface area (Å²) < 4.78 is 25.7. The number of anilines is 2. The van der Waals surface area contributed by atoms with E-state index in [0.717, 1.165) is 32.8 Å². The van der Waals surface area contributed by atoms with Crippen molar-refractivity contribution in [3.8, 4) is 10.6 Å². The summed E-state index contributed by atoms with van der Waals surface area (Å²) in [6.45, 7) is 5.40. The topological polar surface area (TPSA) is 92.3 Å². The lowest BCUT2D eigenvalue weighted by molar-refractivity contribution is -0.114. The van der Waals surface area contributed by atoms with Crippen LogP contribution < -0.4 is 9.62 Å². The monoisotopic (exact) mass is 430 g/mol. The molecule has 0 aliphatic carbocycles. The number of sulfonamides is 1. The Kier molecular flexibility index (Phi) is 5.99. The zero-order chi connectivity index (χ0) is 21.2. The lowest BCUT2D eigenvalue weighted by Gasteiger charge is -2.23. The highest BCUT2D eigenvalue weighted by molar-refractivity contribution is 7.92. The molecule has 0 spiro atoms. The number of nitrogens with one attached hydrogen (secondary N) is 1. The summed E-state index contributed by atoms with van der Waals surface area (Å²) in [5, 5.41) is 11.7. The average Bonchev–Trinajstić information content (AvgIpc) is 3.08. The minimum absolute atomic E-state index is 0.319. The van der Waals surface area contributed by atoms with Crippen LogP contribution in [0.1, 0.15) is 16.7 Å². The van der Waals surface area contributed by atoms with Gasteiger partial charge in [0.05, 0.1) is 11.9 Å². The van der Waals surface area contributed by atoms with Crippen LogP contribution in [0.15, 0.2) is 42.5 Å². The van der Waals surface area contributed by atoms with Gasteiger partial charge in [0.15, 0.2) is 0 Å². The minimum Gasteiger partial charge on any atom is -0.299 e. The normalized spacial score (nSPS) is 11.3. The van der Waals surface area contributed by atoms with Gasteiger partial charge < -0.3 is 0 Å². The predicted molar refractivity (Wildman–Crippen MR) is 117 cm³/mol. The second-order valence-corrected chi connectivity index (χ2v) is 9.77. The molecule has 3 aromatic rings. The third-order valence-electron chi connectivity index (χ3n) is 4.28. The molecule has 1 aromatic heterocycles. The van der Waals surface area contributed by atoms with Gasteiger partial charge >= 0.3 is 0 Å². The van der Waals surface area contributed by atoms with Crippen molar-refractivity contribution >= 4 is 38.1 Å². The number of amides is 1. The van der Waals surface area contributed by atoms with Gasteiger partial charge in [-0.25, -0.2) is 8.42 Å². The lowest BCUT2D eigenvalue weighted by atomic mass is 10.1. The molecule has 0 aliphatic rings. The highest BCUT2D eigenvalue weighted by Gasteiger charge is 2.23. The van der Waals surface area contributed by atoms with Gasteiger partial charge in [-0.1, -0.05) is 58.9 Å². The molecule has 2 aromatic carbocycles. The first-order chi connectivity index (χ1) is 13.6. The number of hydrogen-bond acceptors (Lipinski definition) is 6. The maximum Gasteiger partial charge on any atom is 0.246 e. The maximum atomic E-state index is 12.5. The van der Waals surface area contributed by atoms with Crippen LogP contribution in [0.4, 0.5) is 10.8 Å². The van der Waals surface area contributed by atoms with E-state index in [4.69, 9.17) is 0 Å². The molecule has 0 bridgehead atoms. The van der Waals surface area contributed by atoms with E-state index in [1.807, 2.05) is 57.2 Å². The molecule has 0 atom stereocenters. The van der Waals surface area contributed by atoms with Crippen molar-refractivity contribution in [3.05, 3.63) is 59.2 Å². The average molecular weight is 431 g/mol. The first-order valence-electron chi connectivity index (χ1n) is 8.89. The van der Waals surface area contributed by atoms with E-state index in [1.54, 1.807) is 6.07 Å². The summed E-state index contributed by atoms with van der Waals surface area (Å²) in [6, 6.07) is 13.2. The minimum atomic E-state index is -3.64. The smallest absolute Gasteiger partial charge is 0.246 e. The maximum absolute atomic E-state index is 12.5. The Labute approximate surface area is 174 Å². The third kappa shape index (κ3) is 5.18. The highest BCUT2D eigenvalue weighted by atomic mass is 32.2. The van der Waals surface area contributed by atoms with Crippen molar-refractivity contribution in [3.63, 3.8) is 0 Å². The Bertz CT molecular complexity index is 1140. The molecule has 3 rings (SSSR count). The first-order valence-corrected chi connectivity index (χ1v) is 11.6. The highest BCUT2D eigenvalue weighted by Crippen LogP contribution is 2.27. The number of rotatable bonds is 6. The van der Waals surface area contributed by atoms with E-state index in [0.29, 0.717) is 15.8 Å². The van der Waals surface area contributed by atoms with Crippen LogP contribution in [-0.4, -0.2) is 37.3 Å². The fourth-order valence-electron chi connectivity index (χ4n) is 2.84. The van der Waals surface area contributed by atoms with Gasteiger partial charge in [0.25, 0.3) is 0 Å². The number of nitrogens with zero attached hydrogens (tertiary/aromatic N) is 3. The van der Waals surface area contributed by atoms with Gasteiger partial charge in [-0.2, -0.15) is 0 Å². The van der Waals surface area contributed by atoms with E-state index >= 15 is 0 Å². The fourth-order valence-corrected chi connectivity index (χ4v) is 4.52. The Morgan fingerprint density at radius 2 is 1.69 bits per heavy atom. The van der Waals surface area contributed by atoms with Gasteiger partial charge in [0.1, 0.15) is 11.6 Å². The molecule has 0 radical (unpaired) electrons. The zero-order valence-electron chi connectivity index (χ0n) is 16.6. The van der Waals surface area contributed by atoms with Gasteiger partial charge in [0, 0.05) is 5.56 Å². The van der Waals surface area contributed by atoms with Crippen LogP contribution in [0.3, 0.4) is 0 Å². The second kappa shape index (κ2) is 8.30. The van der Waals surface area contributed by atoms with Gasteiger partial charge in [-0.3, -0.25) is 14.4 Å². The molecule has 1 N–H and O–H groups in total. The van der Waals surface area contributed by atoms with Crippen molar-refractivity contribution < 1.29 is 13.2 Å². The van der Waals surface area contributed by atoms with Crippen molar-refractivity contribution in [1.82, 2.24) is 10.2 Å². The summed E-state index contributed by atoms with van der Waals surface area (Å²) in [5.74, 6) is -0.484. The van der Waals surface area contributed by atoms with Crippen LogP contribution >= 0.6 is 11.3 Å². The Morgan fingerprint density at radius 1 is 1.03 bits per heavy atom. The largest absolute Gasteiger partial charge is 0.299 e. The lowest BCUT2D eigenvalue weighted by Crippen LogP contribution is -2.37. The summed E-state index contributed by atoms with van der Waals surface area (Å²) >= 11 is 1.23. The number of carbonyl (C=O) groups excluding carboxylic acids is 1. The van der Waals surface area contributed by atoms with Gasteiger partial charge in [0.2, 0.25) is 21.1 Å². The van der Waals surface area contributed by atoms with E-state index < -0.39 is 15.9 Å². The van der Waals surface area contributed by atoms with Crippen LogP contribution in [0, 0.1) is 20.8 Å². The molecule has 1 heterocycles. The fraction of sp³-hybridized carbons (Fsp3) is 0.250. The summed E-state index contributed by atoms with van der Waals surface area (Å²) in [6.07, 6.45) is 1.08. The Morgan fingerprint density at radius 3 is 2.31 bits per heavy atom. The summed E-state index contributed by atoms with van der Waals surface area (Å²) in [5.41, 5.74) is 4.31. The molecule has 9 heteroatoms. The third-order valence-corrected chi connectivity index (χ3v) is 6.29. The molecule has 1 amide bonds.